The van der Waals surface area contributed by atoms with Crippen LogP contribution in [0.25, 0.3) is 9.40 Å². The fraction of sp³-hybridized carbons (Fsp3) is 0.200. The number of fused-ring (bicyclic) bond motifs is 1. The van der Waals surface area contributed by atoms with Crippen molar-refractivity contribution in [1.82, 2.24) is 4.98 Å². The third-order valence-corrected chi connectivity index (χ3v) is 7.70. The van der Waals surface area contributed by atoms with Crippen LogP contribution in [0.4, 0.5) is 13.2 Å². The van der Waals surface area contributed by atoms with Gasteiger partial charge in [-0.15, -0.1) is 0 Å². The van der Waals surface area contributed by atoms with Crippen molar-refractivity contribution in [1.29, 1.82) is 0 Å². The molecule has 0 aliphatic heterocycles. The summed E-state index contributed by atoms with van der Waals surface area (Å²) in [6.07, 6.45) is -4.07. The Labute approximate surface area is 158 Å². The third kappa shape index (κ3) is 3.78. The van der Waals surface area contributed by atoms with E-state index in [0.29, 0.717) is 27.2 Å². The van der Waals surface area contributed by atoms with Crippen molar-refractivity contribution in [3.05, 3.63) is 55.1 Å². The quantitative estimate of drug-likeness (QED) is 0.594. The zero-order valence-corrected chi connectivity index (χ0v) is 16.1. The lowest BCUT2D eigenvalue weighted by Gasteiger charge is -2.11. The third-order valence-electron chi connectivity index (χ3n) is 3.53. The highest BCUT2D eigenvalue weighted by molar-refractivity contribution is 7.90. The molecule has 3 rings (SSSR count). The molecule has 0 fully saturated rings. The minimum Gasteiger partial charge on any atom is -0.265 e. The van der Waals surface area contributed by atoms with Crippen LogP contribution in [-0.2, 0) is 21.8 Å². The smallest absolute Gasteiger partial charge is 0.265 e. The van der Waals surface area contributed by atoms with Crippen LogP contribution < -0.4 is 4.06 Å². The zero-order chi connectivity index (χ0) is 19.3. The molecule has 0 saturated heterocycles. The Morgan fingerprint density at radius 1 is 1.15 bits per heavy atom. The molecule has 0 aliphatic rings. The maximum absolute atomic E-state index is 12.7. The highest BCUT2D eigenvalue weighted by atomic mass is 35.5. The number of hydrogen-bond acceptors (Lipinski definition) is 6. The van der Waals surface area contributed by atoms with E-state index in [1.54, 1.807) is 13.0 Å². The Bertz CT molecular complexity index is 1170. The number of benzene rings is 1. The number of halogens is 4. The van der Waals surface area contributed by atoms with Gasteiger partial charge in [0.25, 0.3) is 4.06 Å². The Hall–Kier alpha value is -1.49. The normalized spacial score (nSPS) is 12.7. The van der Waals surface area contributed by atoms with Crippen LogP contribution in [0.2, 0.25) is 5.02 Å². The molecule has 3 aromatic rings. The van der Waals surface area contributed by atoms with Crippen molar-refractivity contribution < 1.29 is 21.6 Å². The van der Waals surface area contributed by atoms with Crippen LogP contribution in [0, 0.1) is 6.92 Å². The molecular weight excluding hydrogens is 431 g/mol. The number of hydrogen-bond donors (Lipinski definition) is 0. The lowest BCUT2D eigenvalue weighted by Crippen LogP contribution is -2.11. The van der Waals surface area contributed by atoms with Crippen LogP contribution >= 0.6 is 34.3 Å². The average Bonchev–Trinajstić information content (AvgIpc) is 2.86. The minimum absolute atomic E-state index is 0.00295. The van der Waals surface area contributed by atoms with Gasteiger partial charge < -0.3 is 0 Å². The molecule has 0 aliphatic carbocycles. The summed E-state index contributed by atoms with van der Waals surface area (Å²) < 4.78 is 64.5. The van der Waals surface area contributed by atoms with Crippen molar-refractivity contribution in [3.8, 4) is 0 Å². The molecule has 0 amide bonds. The van der Waals surface area contributed by atoms with Crippen LogP contribution in [0.3, 0.4) is 0 Å². The zero-order valence-electron chi connectivity index (χ0n) is 12.9. The predicted octanol–water partition coefficient (Wildman–Crippen LogP) is 4.67. The first kappa shape index (κ1) is 19.3. The molecule has 2 heterocycles. The maximum Gasteiger partial charge on any atom is 0.417 e. The summed E-state index contributed by atoms with van der Waals surface area (Å²) >= 11 is 7.76. The topological polar surface area (TPSA) is 64.1 Å². The summed E-state index contributed by atoms with van der Waals surface area (Å²) in [6, 6.07) is 3.66. The van der Waals surface area contributed by atoms with Gasteiger partial charge in [-0.2, -0.15) is 13.2 Å². The SMILES string of the molecule is Cc1cc2sc(=O)sc2cc1S(=O)(=O)Cc1ncc(C(F)(F)F)cc1Cl. The molecule has 0 bridgehead atoms. The second-order valence-electron chi connectivity index (χ2n) is 5.43. The fourth-order valence-corrected chi connectivity index (χ4v) is 6.35. The van der Waals surface area contributed by atoms with E-state index < -0.39 is 27.3 Å². The number of sulfone groups is 1. The van der Waals surface area contributed by atoms with Gasteiger partial charge in [-0.1, -0.05) is 34.3 Å². The summed E-state index contributed by atoms with van der Waals surface area (Å²) in [5.41, 5.74) is -0.781. The van der Waals surface area contributed by atoms with Gasteiger partial charge in [0.1, 0.15) is 0 Å². The van der Waals surface area contributed by atoms with Gasteiger partial charge in [-0.05, 0) is 30.7 Å². The molecule has 0 N–H and O–H groups in total. The Balaban J connectivity index is 2.02. The molecule has 11 heteroatoms. The maximum atomic E-state index is 12.7. The summed E-state index contributed by atoms with van der Waals surface area (Å²) in [5, 5.41) is -0.373. The fourth-order valence-electron chi connectivity index (χ4n) is 2.32. The molecule has 0 saturated carbocycles. The summed E-state index contributed by atoms with van der Waals surface area (Å²) in [4.78, 5) is 15.1. The molecule has 0 spiro atoms. The van der Waals surface area contributed by atoms with Crippen LogP contribution in [0.1, 0.15) is 16.8 Å². The van der Waals surface area contributed by atoms with Gasteiger partial charge in [0.05, 0.1) is 31.6 Å². The van der Waals surface area contributed by atoms with Crippen molar-refractivity contribution in [2.45, 2.75) is 23.7 Å². The molecule has 0 atom stereocenters. The molecule has 0 unspecified atom stereocenters. The van der Waals surface area contributed by atoms with Crippen LogP contribution in [0.5, 0.6) is 0 Å². The van der Waals surface area contributed by atoms with Gasteiger partial charge in [0, 0.05) is 10.9 Å². The average molecular weight is 440 g/mol. The predicted molar refractivity (Wildman–Crippen MR) is 95.8 cm³/mol. The van der Waals surface area contributed by atoms with Crippen molar-refractivity contribution >= 4 is 53.5 Å². The van der Waals surface area contributed by atoms with E-state index in [-0.39, 0.29) is 19.7 Å². The standard InChI is InChI=1S/C15H9ClF3NO3S3/c1-7-2-11-12(25-14(21)24-11)4-13(7)26(22,23)6-10-9(16)3-8(5-20-10)15(17,18)19/h2-5H,6H2,1H3. The molecule has 4 nitrogen and oxygen atoms in total. The van der Waals surface area contributed by atoms with Crippen LogP contribution in [-0.4, -0.2) is 13.4 Å². The van der Waals surface area contributed by atoms with Crippen molar-refractivity contribution in [2.75, 3.05) is 0 Å². The van der Waals surface area contributed by atoms with Gasteiger partial charge in [-0.25, -0.2) is 8.42 Å². The van der Waals surface area contributed by atoms with Crippen molar-refractivity contribution in [3.63, 3.8) is 0 Å². The largest absolute Gasteiger partial charge is 0.417 e. The molecule has 0 radical (unpaired) electrons. The summed E-state index contributed by atoms with van der Waals surface area (Å²) in [6.45, 7) is 1.59. The minimum atomic E-state index is -4.62. The number of pyridine rings is 1. The summed E-state index contributed by atoms with van der Waals surface area (Å²) in [7, 11) is -3.92. The molecule has 26 heavy (non-hydrogen) atoms. The van der Waals surface area contributed by atoms with E-state index in [0.717, 1.165) is 22.7 Å². The van der Waals surface area contributed by atoms with Gasteiger partial charge in [0.2, 0.25) is 0 Å². The number of aryl methyl sites for hydroxylation is 1. The highest BCUT2D eigenvalue weighted by Gasteiger charge is 2.32. The van der Waals surface area contributed by atoms with E-state index in [1.807, 2.05) is 0 Å². The number of nitrogens with zero attached hydrogens (tertiary/aromatic N) is 1. The summed E-state index contributed by atoms with van der Waals surface area (Å²) in [5.74, 6) is -0.643. The van der Waals surface area contributed by atoms with E-state index in [2.05, 4.69) is 4.98 Å². The second-order valence-corrected chi connectivity index (χ2v) is 10.1. The molecule has 2 aromatic heterocycles. The highest BCUT2D eigenvalue weighted by Crippen LogP contribution is 2.33. The number of rotatable bonds is 3. The monoisotopic (exact) mass is 439 g/mol. The van der Waals surface area contributed by atoms with E-state index in [1.165, 1.54) is 6.07 Å². The first-order chi connectivity index (χ1) is 12.0. The molecule has 138 valence electrons. The second kappa shape index (κ2) is 6.59. The lowest BCUT2D eigenvalue weighted by molar-refractivity contribution is -0.137. The Kier molecular flexibility index (Phi) is 4.89. The lowest BCUT2D eigenvalue weighted by atomic mass is 10.2. The number of aromatic nitrogens is 1. The Morgan fingerprint density at radius 2 is 1.77 bits per heavy atom. The molecular formula is C15H9ClF3NO3S3. The van der Waals surface area contributed by atoms with E-state index in [4.69, 9.17) is 11.6 Å². The first-order valence-electron chi connectivity index (χ1n) is 6.96. The molecule has 1 aromatic carbocycles. The van der Waals surface area contributed by atoms with E-state index >= 15 is 0 Å². The Morgan fingerprint density at radius 3 is 2.35 bits per heavy atom. The van der Waals surface area contributed by atoms with E-state index in [9.17, 15) is 26.4 Å². The first-order valence-corrected chi connectivity index (χ1v) is 10.6. The number of alkyl halides is 3. The van der Waals surface area contributed by atoms with Gasteiger partial charge >= 0.3 is 6.18 Å². The van der Waals surface area contributed by atoms with Crippen LogP contribution in [0.15, 0.2) is 34.1 Å². The van der Waals surface area contributed by atoms with Crippen molar-refractivity contribution in [2.24, 2.45) is 0 Å². The van der Waals surface area contributed by atoms with Gasteiger partial charge in [-0.3, -0.25) is 9.78 Å². The van der Waals surface area contributed by atoms with Gasteiger partial charge in [0.15, 0.2) is 9.84 Å².